The molecule has 4 rings (SSSR count). The van der Waals surface area contributed by atoms with Crippen LogP contribution in [0.4, 0.5) is 11.4 Å². The van der Waals surface area contributed by atoms with E-state index < -0.39 is 12.0 Å². The molecule has 0 unspecified atom stereocenters. The Kier molecular flexibility index (Phi) is 4.71. The van der Waals surface area contributed by atoms with Crippen molar-refractivity contribution >= 4 is 23.3 Å². The molecule has 3 aromatic rings. The molecule has 3 aromatic carbocycles. The zero-order valence-electron chi connectivity index (χ0n) is 14.7. The quantitative estimate of drug-likeness (QED) is 0.638. The Balaban J connectivity index is 1.74. The number of hydrogen-bond acceptors (Lipinski definition) is 3. The largest absolute Gasteiger partial charge is 0.457 e. The Morgan fingerprint density at radius 3 is 1.78 bits per heavy atom. The number of nitrogens with zero attached hydrogens (tertiary/aromatic N) is 1. The fraction of sp³-hybridized carbons (Fsp3) is 0.130. The first kappa shape index (κ1) is 17.0. The van der Waals surface area contributed by atoms with Gasteiger partial charge in [0.05, 0.1) is 12.3 Å². The first-order valence-corrected chi connectivity index (χ1v) is 8.92. The number of carbonyl (C=O) groups is 2. The van der Waals surface area contributed by atoms with Crippen molar-refractivity contribution in [1.82, 2.24) is 0 Å². The smallest absolute Gasteiger partial charge is 0.307 e. The van der Waals surface area contributed by atoms with Crippen LogP contribution in [0.3, 0.4) is 0 Å². The Bertz CT molecular complexity index is 886. The summed E-state index contributed by atoms with van der Waals surface area (Å²) < 4.78 is 5.52. The summed E-state index contributed by atoms with van der Waals surface area (Å²) in [6.45, 7) is 0. The number of rotatable bonds is 4. The van der Waals surface area contributed by atoms with E-state index in [-0.39, 0.29) is 18.3 Å². The van der Waals surface area contributed by atoms with E-state index in [1.807, 2.05) is 91.0 Å². The number of carbonyl (C=O) groups excluding carboxylic acids is 2. The van der Waals surface area contributed by atoms with Gasteiger partial charge in [-0.1, -0.05) is 66.7 Å². The summed E-state index contributed by atoms with van der Waals surface area (Å²) in [5.41, 5.74) is 2.36. The van der Waals surface area contributed by atoms with E-state index in [0.29, 0.717) is 0 Å². The second-order valence-corrected chi connectivity index (χ2v) is 6.48. The van der Waals surface area contributed by atoms with Crippen LogP contribution in [0.2, 0.25) is 0 Å². The maximum absolute atomic E-state index is 13.6. The highest BCUT2D eigenvalue weighted by atomic mass is 16.6. The second-order valence-electron chi connectivity index (χ2n) is 6.48. The molecule has 134 valence electrons. The molecular weight excluding hydrogens is 338 g/mol. The monoisotopic (exact) mass is 357 g/mol. The van der Waals surface area contributed by atoms with Gasteiger partial charge < -0.3 is 4.74 Å². The van der Waals surface area contributed by atoms with Gasteiger partial charge >= 0.3 is 5.97 Å². The minimum Gasteiger partial charge on any atom is -0.457 e. The van der Waals surface area contributed by atoms with Crippen LogP contribution in [0.25, 0.3) is 0 Å². The topological polar surface area (TPSA) is 46.6 Å². The predicted molar refractivity (Wildman–Crippen MR) is 103 cm³/mol. The van der Waals surface area contributed by atoms with Crippen molar-refractivity contribution in [2.24, 2.45) is 5.92 Å². The summed E-state index contributed by atoms with van der Waals surface area (Å²) in [6, 6.07) is 28.4. The van der Waals surface area contributed by atoms with E-state index in [0.717, 1.165) is 16.9 Å². The van der Waals surface area contributed by atoms with Gasteiger partial charge in [-0.3, -0.25) is 14.5 Å². The molecule has 0 saturated carbocycles. The van der Waals surface area contributed by atoms with Crippen molar-refractivity contribution in [3.63, 3.8) is 0 Å². The van der Waals surface area contributed by atoms with Gasteiger partial charge in [0.25, 0.3) is 0 Å². The Morgan fingerprint density at radius 2 is 1.26 bits per heavy atom. The number of amides is 1. The molecule has 1 saturated heterocycles. The van der Waals surface area contributed by atoms with Crippen LogP contribution >= 0.6 is 0 Å². The highest BCUT2D eigenvalue weighted by Crippen LogP contribution is 2.39. The molecule has 0 aliphatic carbocycles. The summed E-state index contributed by atoms with van der Waals surface area (Å²) in [4.78, 5) is 27.3. The number of ether oxygens (including phenoxy) is 1. The third-order valence-corrected chi connectivity index (χ3v) is 4.70. The molecule has 0 N–H and O–H groups in total. The molecule has 1 amide bonds. The minimum absolute atomic E-state index is 0.0779. The zero-order valence-corrected chi connectivity index (χ0v) is 14.7. The number of para-hydroxylation sites is 2. The van der Waals surface area contributed by atoms with Crippen molar-refractivity contribution in [3.05, 3.63) is 96.6 Å². The third-order valence-electron chi connectivity index (χ3n) is 4.70. The molecule has 4 nitrogen and oxygen atoms in total. The van der Waals surface area contributed by atoms with Crippen LogP contribution < -0.4 is 4.90 Å². The molecular formula is C23H19NO3. The average molecular weight is 357 g/mol. The number of hydrogen-bond donors (Lipinski definition) is 0. The van der Waals surface area contributed by atoms with Crippen LogP contribution in [0, 0.1) is 5.92 Å². The van der Waals surface area contributed by atoms with Gasteiger partial charge in [-0.25, -0.2) is 0 Å². The first-order chi connectivity index (χ1) is 13.2. The summed E-state index contributed by atoms with van der Waals surface area (Å²) in [5.74, 6) is -1.06. The van der Waals surface area contributed by atoms with Gasteiger partial charge in [0, 0.05) is 11.4 Å². The van der Waals surface area contributed by atoms with Crippen molar-refractivity contribution < 1.29 is 14.3 Å². The van der Waals surface area contributed by atoms with Gasteiger partial charge in [0.15, 0.2) is 0 Å². The van der Waals surface area contributed by atoms with Gasteiger partial charge in [0.2, 0.25) is 5.91 Å². The Labute approximate surface area is 158 Å². The predicted octanol–water partition coefficient (Wildman–Crippen LogP) is 4.66. The summed E-state index contributed by atoms with van der Waals surface area (Å²) >= 11 is 0. The highest BCUT2D eigenvalue weighted by Gasteiger charge is 2.43. The van der Waals surface area contributed by atoms with Crippen molar-refractivity contribution in [2.45, 2.75) is 12.5 Å². The molecule has 1 aliphatic rings. The van der Waals surface area contributed by atoms with Crippen LogP contribution in [0.15, 0.2) is 91.0 Å². The molecule has 1 aliphatic heterocycles. The average Bonchev–Trinajstić information content (AvgIpc) is 3.12. The Morgan fingerprint density at radius 1 is 0.778 bits per heavy atom. The number of benzene rings is 3. The first-order valence-electron chi connectivity index (χ1n) is 8.92. The van der Waals surface area contributed by atoms with E-state index >= 15 is 0 Å². The van der Waals surface area contributed by atoms with Gasteiger partial charge in [-0.15, -0.1) is 0 Å². The number of esters is 1. The molecule has 27 heavy (non-hydrogen) atoms. The minimum atomic E-state index is -0.569. The zero-order chi connectivity index (χ0) is 18.6. The summed E-state index contributed by atoms with van der Waals surface area (Å²) in [6.07, 6.45) is -0.490. The molecule has 0 radical (unpaired) electrons. The van der Waals surface area contributed by atoms with Crippen LogP contribution in [-0.4, -0.2) is 11.9 Å². The maximum atomic E-state index is 13.6. The fourth-order valence-electron chi connectivity index (χ4n) is 3.44. The number of cyclic esters (lactones) is 1. The van der Waals surface area contributed by atoms with E-state index in [1.54, 1.807) is 4.90 Å². The molecule has 1 fully saturated rings. The molecule has 0 aromatic heterocycles. The second kappa shape index (κ2) is 7.46. The van der Waals surface area contributed by atoms with Crippen LogP contribution in [-0.2, 0) is 14.3 Å². The van der Waals surface area contributed by atoms with Crippen molar-refractivity contribution in [2.75, 3.05) is 4.90 Å². The van der Waals surface area contributed by atoms with Crippen molar-refractivity contribution in [1.29, 1.82) is 0 Å². The maximum Gasteiger partial charge on any atom is 0.307 e. The molecule has 0 spiro atoms. The van der Waals surface area contributed by atoms with Crippen LogP contribution in [0.1, 0.15) is 18.1 Å². The van der Waals surface area contributed by atoms with Crippen LogP contribution in [0.5, 0.6) is 0 Å². The lowest BCUT2D eigenvalue weighted by molar-refractivity contribution is -0.141. The van der Waals surface area contributed by atoms with Gasteiger partial charge in [-0.05, 0) is 29.8 Å². The Hall–Kier alpha value is -3.40. The lowest BCUT2D eigenvalue weighted by Crippen LogP contribution is -2.34. The number of anilines is 2. The van der Waals surface area contributed by atoms with Gasteiger partial charge in [-0.2, -0.15) is 0 Å². The molecule has 1 heterocycles. The summed E-state index contributed by atoms with van der Waals surface area (Å²) in [7, 11) is 0. The standard InChI is InChI=1S/C23H19NO3/c25-21-16-20(22(27-21)17-10-4-1-5-11-17)23(26)24(18-12-6-2-7-13-18)19-14-8-3-9-15-19/h1-15,20,22H,16H2/t20-,22-/m0/s1. The highest BCUT2D eigenvalue weighted by molar-refractivity contribution is 6.04. The van der Waals surface area contributed by atoms with E-state index in [9.17, 15) is 9.59 Å². The molecule has 0 bridgehead atoms. The third kappa shape index (κ3) is 3.47. The van der Waals surface area contributed by atoms with Gasteiger partial charge in [0.1, 0.15) is 6.10 Å². The summed E-state index contributed by atoms with van der Waals surface area (Å²) in [5, 5.41) is 0. The van der Waals surface area contributed by atoms with Crippen molar-refractivity contribution in [3.8, 4) is 0 Å². The fourth-order valence-corrected chi connectivity index (χ4v) is 3.44. The lowest BCUT2D eigenvalue weighted by atomic mass is 9.93. The van der Waals surface area contributed by atoms with E-state index in [2.05, 4.69) is 0 Å². The van der Waals surface area contributed by atoms with E-state index in [4.69, 9.17) is 4.74 Å². The SMILES string of the molecule is O=C1C[C@H](C(=O)N(c2ccccc2)c2ccccc2)[C@H](c2ccccc2)O1. The molecule has 4 heteroatoms. The molecule has 2 atom stereocenters. The normalized spacial score (nSPS) is 18.7. The lowest BCUT2D eigenvalue weighted by Gasteiger charge is -2.27. The van der Waals surface area contributed by atoms with E-state index in [1.165, 1.54) is 0 Å².